The highest BCUT2D eigenvalue weighted by Crippen LogP contribution is 2.27. The number of hydrogen-bond acceptors (Lipinski definition) is 6. The normalized spacial score (nSPS) is 15.3. The van der Waals surface area contributed by atoms with Crippen LogP contribution < -0.4 is 4.90 Å². The maximum atomic E-state index is 4.57. The Morgan fingerprint density at radius 3 is 2.48 bits per heavy atom. The molecule has 29 heavy (non-hydrogen) atoms. The monoisotopic (exact) mass is 404 g/mol. The molecule has 0 N–H and O–H groups in total. The van der Waals surface area contributed by atoms with Crippen molar-refractivity contribution < 1.29 is 0 Å². The fourth-order valence-corrected chi connectivity index (χ4v) is 4.77. The lowest BCUT2D eigenvalue weighted by Crippen LogP contribution is -2.46. The number of anilines is 1. The molecule has 0 saturated carbocycles. The molecule has 1 aliphatic heterocycles. The number of nitrogens with zero attached hydrogens (tertiary/aromatic N) is 6. The van der Waals surface area contributed by atoms with Gasteiger partial charge >= 0.3 is 0 Å². The maximum absolute atomic E-state index is 4.57. The zero-order chi connectivity index (χ0) is 19.8. The molecule has 6 nitrogen and oxygen atoms in total. The van der Waals surface area contributed by atoms with Crippen molar-refractivity contribution in [3.05, 3.63) is 65.1 Å². The molecule has 7 heteroatoms. The van der Waals surface area contributed by atoms with Gasteiger partial charge in [-0.1, -0.05) is 12.1 Å². The van der Waals surface area contributed by atoms with Gasteiger partial charge in [-0.25, -0.2) is 14.6 Å². The number of aromatic nitrogens is 4. The van der Waals surface area contributed by atoms with Crippen molar-refractivity contribution in [2.24, 2.45) is 0 Å². The topological polar surface area (TPSA) is 50.1 Å². The molecule has 0 amide bonds. The number of benzene rings is 1. The summed E-state index contributed by atoms with van der Waals surface area (Å²) in [7, 11) is 0. The number of aryl methyl sites for hydroxylation is 2. The van der Waals surface area contributed by atoms with E-state index in [4.69, 9.17) is 0 Å². The second-order valence-electron chi connectivity index (χ2n) is 7.61. The summed E-state index contributed by atoms with van der Waals surface area (Å²) < 4.78 is 2.00. The number of fused-ring (bicyclic) bond motifs is 1. The molecule has 1 aromatic carbocycles. The van der Waals surface area contributed by atoms with Crippen LogP contribution in [0.5, 0.6) is 0 Å². The van der Waals surface area contributed by atoms with Crippen LogP contribution in [0.15, 0.2) is 48.1 Å². The van der Waals surface area contributed by atoms with Gasteiger partial charge in [0.1, 0.15) is 17.0 Å². The Labute approximate surface area is 174 Å². The van der Waals surface area contributed by atoms with E-state index >= 15 is 0 Å². The van der Waals surface area contributed by atoms with Crippen molar-refractivity contribution in [2.45, 2.75) is 20.4 Å². The van der Waals surface area contributed by atoms with Crippen molar-refractivity contribution >= 4 is 27.4 Å². The molecule has 0 unspecified atom stereocenters. The fourth-order valence-electron chi connectivity index (χ4n) is 4.04. The highest BCUT2D eigenvalue weighted by atomic mass is 32.1. The lowest BCUT2D eigenvalue weighted by molar-refractivity contribution is 0.249. The summed E-state index contributed by atoms with van der Waals surface area (Å²) in [5, 5.41) is 7.84. The SMILES string of the molecule is Cc1cc(C)n(-c2ccc(CN3CCN(c4ncnc5sccc45)CC3)cc2)n1. The number of piperazine rings is 1. The Morgan fingerprint density at radius 1 is 0.966 bits per heavy atom. The minimum Gasteiger partial charge on any atom is -0.353 e. The number of thiophene rings is 1. The van der Waals surface area contributed by atoms with Crippen LogP contribution in [0.25, 0.3) is 15.9 Å². The van der Waals surface area contributed by atoms with Gasteiger partial charge in [0.25, 0.3) is 0 Å². The zero-order valence-electron chi connectivity index (χ0n) is 16.7. The van der Waals surface area contributed by atoms with Gasteiger partial charge in [-0.15, -0.1) is 11.3 Å². The summed E-state index contributed by atoms with van der Waals surface area (Å²) in [4.78, 5) is 14.9. The Hall–Kier alpha value is -2.77. The highest BCUT2D eigenvalue weighted by Gasteiger charge is 2.20. The van der Waals surface area contributed by atoms with E-state index in [9.17, 15) is 0 Å². The van der Waals surface area contributed by atoms with E-state index in [2.05, 4.69) is 73.6 Å². The molecule has 1 saturated heterocycles. The summed E-state index contributed by atoms with van der Waals surface area (Å²) in [6.45, 7) is 9.15. The maximum Gasteiger partial charge on any atom is 0.140 e. The van der Waals surface area contributed by atoms with Gasteiger partial charge in [-0.2, -0.15) is 5.10 Å². The van der Waals surface area contributed by atoms with E-state index in [1.54, 1.807) is 17.7 Å². The molecule has 1 aliphatic rings. The quantitative estimate of drug-likeness (QED) is 0.518. The molecular formula is C22H24N6S. The van der Waals surface area contributed by atoms with E-state index in [1.807, 2.05) is 11.6 Å². The van der Waals surface area contributed by atoms with Gasteiger partial charge in [0.2, 0.25) is 0 Å². The summed E-state index contributed by atoms with van der Waals surface area (Å²) in [5.41, 5.74) is 4.67. The summed E-state index contributed by atoms with van der Waals surface area (Å²) in [5.74, 6) is 1.07. The molecule has 1 fully saturated rings. The average molecular weight is 405 g/mol. The Balaban J connectivity index is 1.23. The molecule has 148 valence electrons. The van der Waals surface area contributed by atoms with E-state index < -0.39 is 0 Å². The Bertz CT molecular complexity index is 1120. The van der Waals surface area contributed by atoms with Crippen LogP contribution in [0.3, 0.4) is 0 Å². The van der Waals surface area contributed by atoms with Crippen molar-refractivity contribution in [2.75, 3.05) is 31.1 Å². The van der Waals surface area contributed by atoms with Crippen LogP contribution in [-0.4, -0.2) is 50.8 Å². The first-order valence-corrected chi connectivity index (χ1v) is 10.8. The first-order valence-electron chi connectivity index (χ1n) is 9.95. The van der Waals surface area contributed by atoms with Crippen LogP contribution in [0.2, 0.25) is 0 Å². The van der Waals surface area contributed by atoms with Crippen LogP contribution in [0, 0.1) is 13.8 Å². The third-order valence-electron chi connectivity index (χ3n) is 5.51. The van der Waals surface area contributed by atoms with Gasteiger partial charge in [0, 0.05) is 38.4 Å². The summed E-state index contributed by atoms with van der Waals surface area (Å²) >= 11 is 1.68. The summed E-state index contributed by atoms with van der Waals surface area (Å²) in [6, 6.07) is 13.0. The molecule has 0 atom stereocenters. The van der Waals surface area contributed by atoms with Crippen molar-refractivity contribution in [3.8, 4) is 5.69 Å². The largest absolute Gasteiger partial charge is 0.353 e. The minimum atomic E-state index is 0.975. The van der Waals surface area contributed by atoms with Crippen molar-refractivity contribution in [1.29, 1.82) is 0 Å². The van der Waals surface area contributed by atoms with Gasteiger partial charge in [0.15, 0.2) is 0 Å². The van der Waals surface area contributed by atoms with E-state index in [-0.39, 0.29) is 0 Å². The molecule has 0 aliphatic carbocycles. The molecule has 0 bridgehead atoms. The predicted molar refractivity (Wildman–Crippen MR) is 118 cm³/mol. The number of hydrogen-bond donors (Lipinski definition) is 0. The standard InChI is InChI=1S/C22H24N6S/c1-16-13-17(2)28(25-16)19-5-3-18(4-6-19)14-26-8-10-27(11-9-26)21-20-7-12-29-22(20)24-15-23-21/h3-7,12-13,15H,8-11,14H2,1-2H3. The molecule has 0 radical (unpaired) electrons. The lowest BCUT2D eigenvalue weighted by Gasteiger charge is -2.35. The molecule has 3 aromatic heterocycles. The smallest absolute Gasteiger partial charge is 0.140 e. The number of rotatable bonds is 4. The second kappa shape index (κ2) is 7.57. The zero-order valence-corrected chi connectivity index (χ0v) is 17.6. The van der Waals surface area contributed by atoms with Crippen molar-refractivity contribution in [1.82, 2.24) is 24.6 Å². The molecular weight excluding hydrogens is 380 g/mol. The van der Waals surface area contributed by atoms with E-state index in [0.29, 0.717) is 0 Å². The second-order valence-corrected chi connectivity index (χ2v) is 8.50. The molecule has 0 spiro atoms. The average Bonchev–Trinajstić information content (AvgIpc) is 3.35. The van der Waals surface area contributed by atoms with Crippen molar-refractivity contribution in [3.63, 3.8) is 0 Å². The van der Waals surface area contributed by atoms with Gasteiger partial charge in [-0.05, 0) is 49.1 Å². The third kappa shape index (κ3) is 3.63. The van der Waals surface area contributed by atoms with Gasteiger partial charge < -0.3 is 4.90 Å². The van der Waals surface area contributed by atoms with Crippen LogP contribution in [-0.2, 0) is 6.54 Å². The molecule has 4 heterocycles. The minimum absolute atomic E-state index is 0.975. The third-order valence-corrected chi connectivity index (χ3v) is 6.33. The Morgan fingerprint density at radius 2 is 1.76 bits per heavy atom. The van der Waals surface area contributed by atoms with Crippen LogP contribution in [0.4, 0.5) is 5.82 Å². The van der Waals surface area contributed by atoms with Crippen LogP contribution >= 0.6 is 11.3 Å². The first-order chi connectivity index (χ1) is 14.2. The molecule has 5 rings (SSSR count). The predicted octanol–water partition coefficient (Wildman–Crippen LogP) is 3.82. The lowest BCUT2D eigenvalue weighted by atomic mass is 10.1. The summed E-state index contributed by atoms with van der Waals surface area (Å²) in [6.07, 6.45) is 1.69. The van der Waals surface area contributed by atoms with Gasteiger partial charge in [-0.3, -0.25) is 4.90 Å². The molecule has 4 aromatic rings. The highest BCUT2D eigenvalue weighted by molar-refractivity contribution is 7.16. The first kappa shape index (κ1) is 18.3. The van der Waals surface area contributed by atoms with E-state index in [1.165, 1.54) is 10.9 Å². The fraction of sp³-hybridized carbons (Fsp3) is 0.318. The Kier molecular flexibility index (Phi) is 4.77. The van der Waals surface area contributed by atoms with Crippen LogP contribution in [0.1, 0.15) is 17.0 Å². The van der Waals surface area contributed by atoms with Gasteiger partial charge in [0.05, 0.1) is 16.8 Å². The van der Waals surface area contributed by atoms with E-state index in [0.717, 1.165) is 60.4 Å².